The second-order valence-electron chi connectivity index (χ2n) is 11.7. The molecule has 43 heavy (non-hydrogen) atoms. The van der Waals surface area contributed by atoms with Crippen molar-refractivity contribution in [3.05, 3.63) is 47.8 Å². The molecule has 4 fully saturated rings. The third kappa shape index (κ3) is 5.45. The van der Waals surface area contributed by atoms with Crippen LogP contribution in [0.3, 0.4) is 0 Å². The van der Waals surface area contributed by atoms with Crippen molar-refractivity contribution in [2.24, 2.45) is 5.92 Å². The van der Waals surface area contributed by atoms with Crippen molar-refractivity contribution in [3.8, 4) is 0 Å². The van der Waals surface area contributed by atoms with Gasteiger partial charge in [-0.15, -0.1) is 6.58 Å². The van der Waals surface area contributed by atoms with Crippen LogP contribution in [-0.4, -0.2) is 83.6 Å². The van der Waals surface area contributed by atoms with Crippen LogP contribution in [0.25, 0.3) is 0 Å². The standard InChI is InChI=1S/C28H31FN4O9S/c1-2-16-11-28(16,26(37)31-43(39,40)18-6-7-18)30-24(35)21-10-17(13-33(21)25(36)22-8-9-23(34)42-22)41-27(38)32-12-15-4-3-5-20(29)19(15)14-32/h2-5,16-18,21-22H,1,6-14H2,(H,30,35)(H,31,37)/t16-,17?,21+,22-,28-/m1/s1. The number of halogens is 1. The monoisotopic (exact) mass is 618 g/mol. The molecule has 2 N–H and O–H groups in total. The fraction of sp³-hybridized carbons (Fsp3) is 0.536. The van der Waals surface area contributed by atoms with Gasteiger partial charge in [0.15, 0.2) is 6.10 Å². The minimum absolute atomic E-state index is 0.00246. The molecule has 2 saturated carbocycles. The molecule has 1 unspecified atom stereocenters. The van der Waals surface area contributed by atoms with E-state index in [0.29, 0.717) is 24.0 Å². The zero-order chi connectivity index (χ0) is 30.7. The molecule has 3 aliphatic heterocycles. The maximum atomic E-state index is 14.2. The Kier molecular flexibility index (Phi) is 7.18. The average Bonchev–Trinajstić information content (AvgIpc) is 3.78. The van der Waals surface area contributed by atoms with Crippen LogP contribution in [-0.2, 0) is 51.8 Å². The Labute approximate surface area is 246 Å². The summed E-state index contributed by atoms with van der Waals surface area (Å²) in [4.78, 5) is 67.4. The van der Waals surface area contributed by atoms with E-state index in [1.807, 2.05) is 0 Å². The van der Waals surface area contributed by atoms with Crippen LogP contribution >= 0.6 is 0 Å². The van der Waals surface area contributed by atoms with E-state index in [1.54, 1.807) is 12.1 Å². The predicted molar refractivity (Wildman–Crippen MR) is 144 cm³/mol. The topological polar surface area (TPSA) is 168 Å². The zero-order valence-corrected chi connectivity index (χ0v) is 23.9. The molecule has 0 bridgehead atoms. The van der Waals surface area contributed by atoms with E-state index in [4.69, 9.17) is 9.47 Å². The molecular formula is C28H31FN4O9S. The number of sulfonamides is 1. The van der Waals surface area contributed by atoms with Gasteiger partial charge in [0, 0.05) is 37.3 Å². The van der Waals surface area contributed by atoms with Crippen molar-refractivity contribution in [1.29, 1.82) is 0 Å². The molecule has 6 rings (SSSR count). The highest BCUT2D eigenvalue weighted by Crippen LogP contribution is 2.45. The third-order valence-corrected chi connectivity index (χ3v) is 10.5. The van der Waals surface area contributed by atoms with Crippen molar-refractivity contribution < 1.29 is 46.3 Å². The number of carbonyl (C=O) groups is 5. The number of hydrogen-bond acceptors (Lipinski definition) is 9. The summed E-state index contributed by atoms with van der Waals surface area (Å²) in [6.07, 6.45) is -0.345. The predicted octanol–water partition coefficient (Wildman–Crippen LogP) is 0.622. The first-order chi connectivity index (χ1) is 20.4. The van der Waals surface area contributed by atoms with Crippen LogP contribution < -0.4 is 10.0 Å². The SMILES string of the molecule is C=C[C@@H]1C[C@]1(NC(=O)[C@@H]1CC(OC(=O)N2Cc3cccc(F)c3C2)CN1C(=O)[C@H]1CCC(=O)O1)C(=O)NS(=O)(=O)C1CC1. The summed E-state index contributed by atoms with van der Waals surface area (Å²) in [6.45, 7) is 3.62. The number of amides is 4. The molecule has 1 aromatic carbocycles. The summed E-state index contributed by atoms with van der Waals surface area (Å²) in [5.74, 6) is -3.82. The van der Waals surface area contributed by atoms with E-state index in [9.17, 15) is 36.8 Å². The second-order valence-corrected chi connectivity index (χ2v) is 13.6. The van der Waals surface area contributed by atoms with E-state index >= 15 is 0 Å². The summed E-state index contributed by atoms with van der Waals surface area (Å²) in [7, 11) is -3.89. The Morgan fingerprint density at radius 3 is 2.56 bits per heavy atom. The Morgan fingerprint density at radius 2 is 1.93 bits per heavy atom. The smallest absolute Gasteiger partial charge is 0.410 e. The first-order valence-electron chi connectivity index (χ1n) is 14.1. The largest absolute Gasteiger partial charge is 0.452 e. The van der Waals surface area contributed by atoms with Gasteiger partial charge in [0.25, 0.3) is 11.8 Å². The van der Waals surface area contributed by atoms with Crippen LogP contribution in [0.1, 0.15) is 49.7 Å². The number of hydrogen-bond donors (Lipinski definition) is 2. The van der Waals surface area contributed by atoms with Gasteiger partial charge in [-0.3, -0.25) is 28.8 Å². The van der Waals surface area contributed by atoms with E-state index in [1.165, 1.54) is 17.0 Å². The summed E-state index contributed by atoms with van der Waals surface area (Å²) >= 11 is 0. The molecule has 3 heterocycles. The fourth-order valence-corrected chi connectivity index (χ4v) is 7.37. The van der Waals surface area contributed by atoms with Crippen molar-refractivity contribution in [2.45, 2.75) is 80.7 Å². The molecule has 5 aliphatic rings. The summed E-state index contributed by atoms with van der Waals surface area (Å²) in [5.41, 5.74) is -0.541. The van der Waals surface area contributed by atoms with Gasteiger partial charge in [0.1, 0.15) is 23.5 Å². The maximum Gasteiger partial charge on any atom is 0.410 e. The number of ether oxygens (including phenoxy) is 2. The van der Waals surface area contributed by atoms with Crippen LogP contribution in [0.5, 0.6) is 0 Å². The first-order valence-corrected chi connectivity index (χ1v) is 15.7. The number of benzene rings is 1. The number of fused-ring (bicyclic) bond motifs is 1. The molecule has 230 valence electrons. The van der Waals surface area contributed by atoms with E-state index in [0.717, 1.165) is 4.90 Å². The van der Waals surface area contributed by atoms with Gasteiger partial charge in [-0.1, -0.05) is 18.2 Å². The van der Waals surface area contributed by atoms with Gasteiger partial charge in [-0.2, -0.15) is 0 Å². The molecule has 15 heteroatoms. The highest BCUT2D eigenvalue weighted by molar-refractivity contribution is 7.91. The first kappa shape index (κ1) is 29.1. The molecule has 0 aromatic heterocycles. The number of likely N-dealkylation sites (tertiary alicyclic amines) is 1. The number of nitrogens with one attached hydrogen (secondary N) is 2. The Balaban J connectivity index is 1.17. The van der Waals surface area contributed by atoms with Crippen molar-refractivity contribution in [3.63, 3.8) is 0 Å². The highest BCUT2D eigenvalue weighted by atomic mass is 32.2. The van der Waals surface area contributed by atoms with E-state index in [-0.39, 0.29) is 45.3 Å². The molecule has 5 atom stereocenters. The second kappa shape index (κ2) is 10.6. The quantitative estimate of drug-likeness (QED) is 0.313. The molecule has 0 radical (unpaired) electrons. The van der Waals surface area contributed by atoms with E-state index in [2.05, 4.69) is 16.6 Å². The normalized spacial score (nSPS) is 29.5. The molecule has 2 saturated heterocycles. The Bertz CT molecular complexity index is 1530. The highest BCUT2D eigenvalue weighted by Gasteiger charge is 2.62. The summed E-state index contributed by atoms with van der Waals surface area (Å²) < 4.78 is 51.9. The Hall–Kier alpha value is -4.01. The lowest BCUT2D eigenvalue weighted by molar-refractivity contribution is -0.154. The number of rotatable bonds is 8. The van der Waals surface area contributed by atoms with Gasteiger partial charge in [0.05, 0.1) is 18.3 Å². The molecule has 4 amide bonds. The summed E-state index contributed by atoms with van der Waals surface area (Å²) in [6, 6.07) is 3.35. The van der Waals surface area contributed by atoms with Gasteiger partial charge in [-0.05, 0) is 30.9 Å². The third-order valence-electron chi connectivity index (χ3n) is 8.71. The molecular weight excluding hydrogens is 587 g/mol. The summed E-state index contributed by atoms with van der Waals surface area (Å²) in [5, 5.41) is 1.99. The van der Waals surface area contributed by atoms with Crippen molar-refractivity contribution >= 4 is 39.8 Å². The number of nitrogens with zero attached hydrogens (tertiary/aromatic N) is 2. The number of esters is 1. The molecule has 0 spiro atoms. The lowest BCUT2D eigenvalue weighted by Gasteiger charge is -2.27. The fourth-order valence-electron chi connectivity index (χ4n) is 6.01. The molecule has 13 nitrogen and oxygen atoms in total. The van der Waals surface area contributed by atoms with Gasteiger partial charge in [0.2, 0.25) is 15.9 Å². The lowest BCUT2D eigenvalue weighted by atomic mass is 10.1. The number of cyclic esters (lactones) is 1. The van der Waals surface area contributed by atoms with Crippen LogP contribution in [0.15, 0.2) is 30.9 Å². The average molecular weight is 619 g/mol. The molecule has 1 aromatic rings. The minimum Gasteiger partial charge on any atom is -0.452 e. The van der Waals surface area contributed by atoms with E-state index < -0.39 is 80.6 Å². The van der Waals surface area contributed by atoms with Gasteiger partial charge in [-0.25, -0.2) is 17.6 Å². The van der Waals surface area contributed by atoms with Crippen LogP contribution in [0.4, 0.5) is 9.18 Å². The van der Waals surface area contributed by atoms with Crippen molar-refractivity contribution in [2.75, 3.05) is 6.54 Å². The molecule has 2 aliphatic carbocycles. The Morgan fingerprint density at radius 1 is 1.16 bits per heavy atom. The maximum absolute atomic E-state index is 14.2. The van der Waals surface area contributed by atoms with Gasteiger partial charge < -0.3 is 19.7 Å². The van der Waals surface area contributed by atoms with Crippen molar-refractivity contribution in [1.82, 2.24) is 19.8 Å². The number of carbonyl (C=O) groups excluding carboxylic acids is 5. The van der Waals surface area contributed by atoms with Crippen LogP contribution in [0, 0.1) is 11.7 Å². The minimum atomic E-state index is -3.89. The van der Waals surface area contributed by atoms with Crippen LogP contribution in [0.2, 0.25) is 0 Å². The lowest BCUT2D eigenvalue weighted by Crippen LogP contribution is -2.57. The van der Waals surface area contributed by atoms with Gasteiger partial charge >= 0.3 is 12.1 Å². The zero-order valence-electron chi connectivity index (χ0n) is 23.1.